The third-order valence-corrected chi connectivity index (χ3v) is 2.91. The van der Waals surface area contributed by atoms with E-state index in [4.69, 9.17) is 4.74 Å². The molecule has 1 saturated carbocycles. The lowest BCUT2D eigenvalue weighted by atomic mass is 9.66. The standard InChI is InChI=1S/C9H14O2/c1-2-3-6-4-7-8(6)5-11-9(7)10/h2-3,6-10H,4-5H2,1H3/b3-2+/t6?,7-,8+,9-/m0/s1. The lowest BCUT2D eigenvalue weighted by Gasteiger charge is -2.37. The fourth-order valence-corrected chi connectivity index (χ4v) is 2.16. The van der Waals surface area contributed by atoms with Crippen LogP contribution in [0.25, 0.3) is 0 Å². The summed E-state index contributed by atoms with van der Waals surface area (Å²) in [6, 6.07) is 0. The van der Waals surface area contributed by atoms with Gasteiger partial charge in [-0.05, 0) is 25.2 Å². The first-order chi connectivity index (χ1) is 5.33. The van der Waals surface area contributed by atoms with E-state index in [1.165, 1.54) is 0 Å². The minimum Gasteiger partial charge on any atom is -0.368 e. The van der Waals surface area contributed by atoms with E-state index in [1.54, 1.807) is 0 Å². The molecular weight excluding hydrogens is 140 g/mol. The van der Waals surface area contributed by atoms with Crippen LogP contribution in [-0.4, -0.2) is 18.0 Å². The summed E-state index contributed by atoms with van der Waals surface area (Å²) < 4.78 is 5.14. The Bertz CT molecular complexity index is 176. The molecule has 1 aliphatic carbocycles. The van der Waals surface area contributed by atoms with Gasteiger partial charge in [0.1, 0.15) is 0 Å². The smallest absolute Gasteiger partial charge is 0.157 e. The van der Waals surface area contributed by atoms with Crippen molar-refractivity contribution in [3.05, 3.63) is 12.2 Å². The number of allylic oxidation sites excluding steroid dienone is 2. The van der Waals surface area contributed by atoms with Crippen molar-refractivity contribution in [2.45, 2.75) is 19.6 Å². The molecule has 1 heterocycles. The molecule has 1 saturated heterocycles. The molecule has 0 amide bonds. The van der Waals surface area contributed by atoms with Crippen LogP contribution in [0.15, 0.2) is 12.2 Å². The van der Waals surface area contributed by atoms with Crippen molar-refractivity contribution in [1.29, 1.82) is 0 Å². The van der Waals surface area contributed by atoms with Crippen LogP contribution < -0.4 is 0 Å². The van der Waals surface area contributed by atoms with Crippen LogP contribution in [0.3, 0.4) is 0 Å². The highest BCUT2D eigenvalue weighted by Crippen LogP contribution is 2.47. The van der Waals surface area contributed by atoms with Crippen LogP contribution in [0.5, 0.6) is 0 Å². The molecule has 0 aromatic heterocycles. The van der Waals surface area contributed by atoms with Gasteiger partial charge in [-0.2, -0.15) is 0 Å². The molecule has 2 fully saturated rings. The summed E-state index contributed by atoms with van der Waals surface area (Å²) >= 11 is 0. The minimum absolute atomic E-state index is 0.427. The highest BCUT2D eigenvalue weighted by atomic mass is 16.6. The third kappa shape index (κ3) is 1.01. The van der Waals surface area contributed by atoms with Crippen molar-refractivity contribution < 1.29 is 9.84 Å². The maximum absolute atomic E-state index is 9.26. The van der Waals surface area contributed by atoms with Crippen molar-refractivity contribution in [2.24, 2.45) is 17.8 Å². The lowest BCUT2D eigenvalue weighted by Crippen LogP contribution is -2.37. The largest absolute Gasteiger partial charge is 0.368 e. The second-order valence-electron chi connectivity index (χ2n) is 3.48. The first-order valence-corrected chi connectivity index (χ1v) is 4.25. The Morgan fingerprint density at radius 3 is 2.91 bits per heavy atom. The second-order valence-corrected chi connectivity index (χ2v) is 3.48. The van der Waals surface area contributed by atoms with Gasteiger partial charge in [0.15, 0.2) is 6.29 Å². The monoisotopic (exact) mass is 154 g/mol. The number of ether oxygens (including phenoxy) is 1. The van der Waals surface area contributed by atoms with Crippen molar-refractivity contribution in [1.82, 2.24) is 0 Å². The van der Waals surface area contributed by atoms with E-state index < -0.39 is 6.29 Å². The van der Waals surface area contributed by atoms with Crippen molar-refractivity contribution in [3.63, 3.8) is 0 Å². The highest BCUT2D eigenvalue weighted by molar-refractivity contribution is 5.03. The topological polar surface area (TPSA) is 29.5 Å². The molecular formula is C9H14O2. The number of aliphatic hydroxyl groups is 1. The van der Waals surface area contributed by atoms with Gasteiger partial charge in [-0.15, -0.1) is 0 Å². The molecule has 0 bridgehead atoms. The van der Waals surface area contributed by atoms with Gasteiger partial charge in [0, 0.05) is 5.92 Å². The molecule has 2 nitrogen and oxygen atoms in total. The highest BCUT2D eigenvalue weighted by Gasteiger charge is 2.48. The van der Waals surface area contributed by atoms with E-state index >= 15 is 0 Å². The summed E-state index contributed by atoms with van der Waals surface area (Å²) in [5, 5.41) is 9.26. The molecule has 2 heteroatoms. The van der Waals surface area contributed by atoms with Gasteiger partial charge in [0.25, 0.3) is 0 Å². The predicted molar refractivity (Wildman–Crippen MR) is 41.9 cm³/mol. The average molecular weight is 154 g/mol. The second kappa shape index (κ2) is 2.61. The van der Waals surface area contributed by atoms with E-state index in [-0.39, 0.29) is 0 Å². The van der Waals surface area contributed by atoms with Crippen LogP contribution >= 0.6 is 0 Å². The van der Waals surface area contributed by atoms with Gasteiger partial charge in [-0.3, -0.25) is 0 Å². The van der Waals surface area contributed by atoms with Crippen LogP contribution in [0.1, 0.15) is 13.3 Å². The fourth-order valence-electron chi connectivity index (χ4n) is 2.16. The number of fused-ring (bicyclic) bond motifs is 1. The maximum atomic E-state index is 9.26. The average Bonchev–Trinajstić information content (AvgIpc) is 2.22. The van der Waals surface area contributed by atoms with E-state index in [2.05, 4.69) is 12.2 Å². The van der Waals surface area contributed by atoms with Crippen molar-refractivity contribution in [2.75, 3.05) is 6.61 Å². The summed E-state index contributed by atoms with van der Waals surface area (Å²) in [7, 11) is 0. The van der Waals surface area contributed by atoms with E-state index in [0.717, 1.165) is 13.0 Å². The zero-order chi connectivity index (χ0) is 7.84. The van der Waals surface area contributed by atoms with Crippen LogP contribution in [0.2, 0.25) is 0 Å². The van der Waals surface area contributed by atoms with Crippen molar-refractivity contribution >= 4 is 0 Å². The van der Waals surface area contributed by atoms with Gasteiger partial charge >= 0.3 is 0 Å². The Morgan fingerprint density at radius 2 is 2.27 bits per heavy atom. The molecule has 0 spiro atoms. The Balaban J connectivity index is 1.96. The first-order valence-electron chi connectivity index (χ1n) is 4.25. The van der Waals surface area contributed by atoms with E-state index in [9.17, 15) is 5.11 Å². The van der Waals surface area contributed by atoms with Crippen LogP contribution in [-0.2, 0) is 4.74 Å². The summed E-state index contributed by atoms with van der Waals surface area (Å²) in [5.74, 6) is 1.69. The maximum Gasteiger partial charge on any atom is 0.157 e. The number of aliphatic hydroxyl groups excluding tert-OH is 1. The normalized spacial score (nSPS) is 49.3. The molecule has 62 valence electrons. The van der Waals surface area contributed by atoms with Gasteiger partial charge < -0.3 is 9.84 Å². The summed E-state index contributed by atoms with van der Waals surface area (Å²) in [6.45, 7) is 2.79. The minimum atomic E-state index is -0.471. The number of rotatable bonds is 1. The van der Waals surface area contributed by atoms with Gasteiger partial charge in [0.05, 0.1) is 6.61 Å². The molecule has 1 aliphatic heterocycles. The number of hydrogen-bond donors (Lipinski definition) is 1. The molecule has 1 unspecified atom stereocenters. The molecule has 0 aromatic carbocycles. The van der Waals surface area contributed by atoms with Crippen LogP contribution in [0, 0.1) is 17.8 Å². The SMILES string of the molecule is C/C=C/C1C[C@H]2[C@@H]1CO[C@@H]2O. The molecule has 1 N–H and O–H groups in total. The summed E-state index contributed by atoms with van der Waals surface area (Å²) in [6.07, 6.45) is 4.95. The van der Waals surface area contributed by atoms with Crippen LogP contribution in [0.4, 0.5) is 0 Å². The Labute approximate surface area is 66.9 Å². The lowest BCUT2D eigenvalue weighted by molar-refractivity contribution is -0.0908. The van der Waals surface area contributed by atoms with Gasteiger partial charge in [-0.1, -0.05) is 12.2 Å². The molecule has 4 atom stereocenters. The molecule has 2 aliphatic rings. The fraction of sp³-hybridized carbons (Fsp3) is 0.778. The summed E-state index contributed by atoms with van der Waals surface area (Å²) in [5.41, 5.74) is 0. The first kappa shape index (κ1) is 7.32. The summed E-state index contributed by atoms with van der Waals surface area (Å²) in [4.78, 5) is 0. The van der Waals surface area contributed by atoms with Crippen molar-refractivity contribution in [3.8, 4) is 0 Å². The van der Waals surface area contributed by atoms with Gasteiger partial charge in [0.2, 0.25) is 0 Å². The Hall–Kier alpha value is -0.340. The van der Waals surface area contributed by atoms with Gasteiger partial charge in [-0.25, -0.2) is 0 Å². The molecule has 2 rings (SSSR count). The Kier molecular flexibility index (Phi) is 1.74. The Morgan fingerprint density at radius 1 is 1.45 bits per heavy atom. The van der Waals surface area contributed by atoms with E-state index in [1.807, 2.05) is 6.92 Å². The van der Waals surface area contributed by atoms with E-state index in [0.29, 0.717) is 17.8 Å². The molecule has 0 aromatic rings. The third-order valence-electron chi connectivity index (χ3n) is 2.91. The molecule has 0 radical (unpaired) electrons. The predicted octanol–water partition coefficient (Wildman–Crippen LogP) is 1.16. The quantitative estimate of drug-likeness (QED) is 0.574. The molecule has 11 heavy (non-hydrogen) atoms. The zero-order valence-corrected chi connectivity index (χ0v) is 6.73. The zero-order valence-electron chi connectivity index (χ0n) is 6.73. The number of hydrogen-bond acceptors (Lipinski definition) is 2.